The van der Waals surface area contributed by atoms with Gasteiger partial charge in [0.2, 0.25) is 0 Å². The highest BCUT2D eigenvalue weighted by Crippen LogP contribution is 2.64. The maximum Gasteiger partial charge on any atom is -0.000718 e. The van der Waals surface area contributed by atoms with Crippen molar-refractivity contribution in [3.63, 3.8) is 0 Å². The lowest BCUT2D eigenvalue weighted by molar-refractivity contribution is 1.59. The minimum Gasteiger partial charge on any atom is -0.0622 e. The Morgan fingerprint density at radius 3 is 0.866 bits per heavy atom. The van der Waals surface area contributed by atoms with Crippen molar-refractivity contribution in [2.75, 3.05) is 0 Å². The van der Waals surface area contributed by atoms with E-state index in [1.54, 1.807) is 0 Å². The van der Waals surface area contributed by atoms with Crippen LogP contribution in [0.15, 0.2) is 291 Å². The molecule has 16 aromatic carbocycles. The number of benzene rings is 16. The second-order valence-electron chi connectivity index (χ2n) is 22.3. The first-order valence-electron chi connectivity index (χ1n) is 28.7. The summed E-state index contributed by atoms with van der Waals surface area (Å²) in [7, 11) is 0. The summed E-state index contributed by atoms with van der Waals surface area (Å²) in [5.74, 6) is 0. The molecule has 16 aromatic rings. The highest BCUT2D eigenvalue weighted by molar-refractivity contribution is 6.44. The lowest BCUT2D eigenvalue weighted by Crippen LogP contribution is -1.95. The Bertz CT molecular complexity index is 5330. The summed E-state index contributed by atoms with van der Waals surface area (Å²) < 4.78 is 0. The molecular formula is C82H48. The molecule has 0 bridgehead atoms. The number of hydrogen-bond donors (Lipinski definition) is 0. The molecule has 2 aliphatic rings. The van der Waals surface area contributed by atoms with E-state index in [-0.39, 0.29) is 0 Å². The van der Waals surface area contributed by atoms with Gasteiger partial charge in [0.25, 0.3) is 0 Å². The van der Waals surface area contributed by atoms with Crippen molar-refractivity contribution in [2.24, 2.45) is 0 Å². The van der Waals surface area contributed by atoms with Crippen LogP contribution in [0.1, 0.15) is 0 Å². The molecule has 0 nitrogen and oxygen atoms in total. The summed E-state index contributed by atoms with van der Waals surface area (Å²) in [4.78, 5) is 0. The minimum atomic E-state index is 1.21. The normalized spacial score (nSPS) is 12.1. The van der Waals surface area contributed by atoms with Gasteiger partial charge in [0.1, 0.15) is 0 Å². The third-order valence-electron chi connectivity index (χ3n) is 18.3. The van der Waals surface area contributed by atoms with Crippen LogP contribution in [0.2, 0.25) is 0 Å². The summed E-state index contributed by atoms with van der Waals surface area (Å²) in [6.07, 6.45) is 0. The van der Waals surface area contributed by atoms with Crippen LogP contribution >= 0.6 is 0 Å². The van der Waals surface area contributed by atoms with Crippen LogP contribution in [0.4, 0.5) is 0 Å². The molecule has 0 radical (unpaired) electrons. The van der Waals surface area contributed by atoms with Gasteiger partial charge in [0, 0.05) is 0 Å². The Kier molecular flexibility index (Phi) is 9.61. The molecule has 0 fully saturated rings. The van der Waals surface area contributed by atoms with E-state index in [1.165, 1.54) is 187 Å². The molecule has 0 saturated carbocycles. The second kappa shape index (κ2) is 17.4. The summed E-state index contributed by atoms with van der Waals surface area (Å²) in [5, 5.41) is 15.5. The van der Waals surface area contributed by atoms with E-state index in [9.17, 15) is 0 Å². The standard InChI is InChI=1S/C82H48/c1-6-24-49(25-7-1)54-34-16-18-36-56(54)72-60-40-22-20-38-58(60)70(52-30-12-4-13-31-52)79-65-44-42-62-63-43-45-67-77-69(48-68(51-28-10-3-11-29-51)76(78(63)77)64-46-47-66(80(72)79)75(65)74(62)64)82-71(53-32-14-5-15-33-53)59-39-21-23-41-61(59)73(81(67)82)57-37-19-17-35-55(57)50-26-8-2-9-27-50/h1-48H. The molecule has 0 aromatic heterocycles. The Hall–Kier alpha value is -10.7. The molecule has 82 heavy (non-hydrogen) atoms. The fourth-order valence-corrected chi connectivity index (χ4v) is 15.1. The van der Waals surface area contributed by atoms with Gasteiger partial charge >= 0.3 is 0 Å². The predicted molar refractivity (Wildman–Crippen MR) is 350 cm³/mol. The summed E-state index contributed by atoms with van der Waals surface area (Å²) >= 11 is 0. The number of fused-ring (bicyclic) bond motifs is 10. The van der Waals surface area contributed by atoms with E-state index in [0.29, 0.717) is 0 Å². The highest BCUT2D eigenvalue weighted by Gasteiger charge is 2.37. The van der Waals surface area contributed by atoms with Crippen LogP contribution in [0.25, 0.3) is 187 Å². The maximum absolute atomic E-state index is 2.59. The smallest absolute Gasteiger partial charge is 0.000718 e. The van der Waals surface area contributed by atoms with Gasteiger partial charge in [0.15, 0.2) is 0 Å². The van der Waals surface area contributed by atoms with Crippen LogP contribution < -0.4 is 0 Å². The van der Waals surface area contributed by atoms with Crippen LogP contribution in [-0.4, -0.2) is 0 Å². The van der Waals surface area contributed by atoms with Crippen molar-refractivity contribution in [3.05, 3.63) is 291 Å². The molecule has 0 heteroatoms. The average molecular weight is 1030 g/mol. The van der Waals surface area contributed by atoms with Crippen LogP contribution in [0.5, 0.6) is 0 Å². The van der Waals surface area contributed by atoms with Crippen LogP contribution in [0, 0.1) is 0 Å². The second-order valence-corrected chi connectivity index (χ2v) is 22.3. The van der Waals surface area contributed by atoms with Gasteiger partial charge in [-0.15, -0.1) is 0 Å². The monoisotopic (exact) mass is 1030 g/mol. The zero-order valence-electron chi connectivity index (χ0n) is 44.7. The summed E-state index contributed by atoms with van der Waals surface area (Å²) in [6.45, 7) is 0. The Morgan fingerprint density at radius 2 is 0.427 bits per heavy atom. The van der Waals surface area contributed by atoms with Crippen molar-refractivity contribution in [1.82, 2.24) is 0 Å². The fraction of sp³-hybridized carbons (Fsp3) is 0. The van der Waals surface area contributed by atoms with Gasteiger partial charge in [-0.1, -0.05) is 285 Å². The van der Waals surface area contributed by atoms with Crippen molar-refractivity contribution in [1.29, 1.82) is 0 Å². The molecule has 2 aliphatic carbocycles. The SMILES string of the molecule is c1ccc(-c2ccccc2-c2c3c(c(-c4ccccc4)c4ccccc24)-c2ccc4c5ccc6c7c(cc(-c8ccccc8)c(c8ccc-3c2c48)c75)-c2c-6c(-c3ccccc3-c3ccccc3)c3ccccc3c2-c2ccccc2)cc1. The molecule has 0 amide bonds. The van der Waals surface area contributed by atoms with E-state index in [1.807, 2.05) is 0 Å². The summed E-state index contributed by atoms with van der Waals surface area (Å²) in [5.41, 5.74) is 27.8. The first-order valence-corrected chi connectivity index (χ1v) is 28.7. The Labute approximate surface area is 475 Å². The van der Waals surface area contributed by atoms with E-state index in [2.05, 4.69) is 291 Å². The molecule has 0 aliphatic heterocycles. The highest BCUT2D eigenvalue weighted by atomic mass is 14.4. The number of rotatable bonds is 7. The zero-order valence-corrected chi connectivity index (χ0v) is 44.7. The molecule has 0 atom stereocenters. The molecule has 18 rings (SSSR count). The summed E-state index contributed by atoms with van der Waals surface area (Å²) in [6, 6.07) is 109. The molecule has 0 heterocycles. The molecule has 0 saturated heterocycles. The molecule has 376 valence electrons. The van der Waals surface area contributed by atoms with Crippen molar-refractivity contribution >= 4 is 64.6 Å². The minimum absolute atomic E-state index is 1.21. The third-order valence-corrected chi connectivity index (χ3v) is 18.3. The quantitative estimate of drug-likeness (QED) is 0.110. The van der Waals surface area contributed by atoms with Crippen molar-refractivity contribution < 1.29 is 0 Å². The Morgan fingerprint density at radius 1 is 0.122 bits per heavy atom. The van der Waals surface area contributed by atoms with E-state index in [4.69, 9.17) is 0 Å². The van der Waals surface area contributed by atoms with Gasteiger partial charge in [0.05, 0.1) is 0 Å². The lowest BCUT2D eigenvalue weighted by atomic mass is 9.80. The van der Waals surface area contributed by atoms with Gasteiger partial charge in [-0.3, -0.25) is 0 Å². The van der Waals surface area contributed by atoms with E-state index < -0.39 is 0 Å². The zero-order chi connectivity index (χ0) is 53.6. The first-order chi connectivity index (χ1) is 40.8. The van der Waals surface area contributed by atoms with Gasteiger partial charge in [-0.05, 0) is 193 Å². The van der Waals surface area contributed by atoms with Gasteiger partial charge in [-0.25, -0.2) is 0 Å². The van der Waals surface area contributed by atoms with E-state index in [0.717, 1.165) is 0 Å². The van der Waals surface area contributed by atoms with Gasteiger partial charge in [-0.2, -0.15) is 0 Å². The van der Waals surface area contributed by atoms with Gasteiger partial charge < -0.3 is 0 Å². The third kappa shape index (κ3) is 6.21. The first kappa shape index (κ1) is 45.2. The van der Waals surface area contributed by atoms with Crippen LogP contribution in [-0.2, 0) is 0 Å². The van der Waals surface area contributed by atoms with Crippen LogP contribution in [0.3, 0.4) is 0 Å². The molecular weight excluding hydrogens is 985 g/mol. The largest absolute Gasteiger partial charge is 0.0622 e. The predicted octanol–water partition coefficient (Wildman–Crippen LogP) is 23.0. The lowest BCUT2D eigenvalue weighted by Gasteiger charge is -2.22. The van der Waals surface area contributed by atoms with Crippen molar-refractivity contribution in [2.45, 2.75) is 0 Å². The molecule has 0 spiro atoms. The Balaban J connectivity index is 1.01. The topological polar surface area (TPSA) is 0 Å². The van der Waals surface area contributed by atoms with E-state index >= 15 is 0 Å². The molecule has 0 N–H and O–H groups in total. The molecule has 0 unspecified atom stereocenters. The maximum atomic E-state index is 2.59. The average Bonchev–Trinajstić information content (AvgIpc) is 2.02. The van der Waals surface area contributed by atoms with Crippen molar-refractivity contribution in [3.8, 4) is 122 Å². The fourth-order valence-electron chi connectivity index (χ4n) is 15.1. The number of hydrogen-bond acceptors (Lipinski definition) is 0.